The first-order valence-electron chi connectivity index (χ1n) is 7.40. The quantitative estimate of drug-likeness (QED) is 0.594. The summed E-state index contributed by atoms with van der Waals surface area (Å²) >= 11 is 6.08. The summed E-state index contributed by atoms with van der Waals surface area (Å²) in [4.78, 5) is 24.0. The Morgan fingerprint density at radius 1 is 1.50 bits per heavy atom. The third-order valence-corrected chi connectivity index (χ3v) is 5.87. The number of amides is 1. The molecule has 2 rings (SSSR count). The van der Waals surface area contributed by atoms with Crippen LogP contribution in [0.3, 0.4) is 0 Å². The predicted molar refractivity (Wildman–Crippen MR) is 91.2 cm³/mol. The van der Waals surface area contributed by atoms with Gasteiger partial charge in [0.2, 0.25) is 5.91 Å². The minimum absolute atomic E-state index is 0.00935. The van der Waals surface area contributed by atoms with Crippen LogP contribution in [0.5, 0.6) is 0 Å². The second kappa shape index (κ2) is 7.35. The Balaban J connectivity index is 2.04. The van der Waals surface area contributed by atoms with Gasteiger partial charge >= 0.3 is 0 Å². The molecule has 10 heteroatoms. The molecule has 1 aromatic rings. The number of rotatable bonds is 6. The minimum Gasteiger partial charge on any atom is -0.361 e. The Morgan fingerprint density at radius 3 is 2.71 bits per heavy atom. The lowest BCUT2D eigenvalue weighted by molar-refractivity contribution is -0.384. The molecule has 0 saturated carbocycles. The van der Waals surface area contributed by atoms with Gasteiger partial charge in [-0.1, -0.05) is 11.6 Å². The van der Waals surface area contributed by atoms with Crippen LogP contribution in [0.4, 0.5) is 11.4 Å². The van der Waals surface area contributed by atoms with Crippen LogP contribution in [-0.4, -0.2) is 49.9 Å². The first-order valence-corrected chi connectivity index (χ1v) is 9.60. The molecule has 1 aromatic carbocycles. The summed E-state index contributed by atoms with van der Waals surface area (Å²) in [6.45, 7) is 2.28. The van der Waals surface area contributed by atoms with E-state index in [4.69, 9.17) is 11.6 Å². The Hall–Kier alpha value is -1.87. The van der Waals surface area contributed by atoms with Crippen molar-refractivity contribution in [2.75, 3.05) is 29.5 Å². The second-order valence-corrected chi connectivity index (χ2v) is 8.21. The number of anilines is 1. The standard InChI is InChI=1S/C14H18ClN3O5S/c1-2-17(13-4-3-11(18(20)21)7-12(13)15)8-14(19)16-10-5-6-24(22,23)9-10/h3-4,7,10H,2,5-6,8-9H2,1H3,(H,16,19). The Kier molecular flexibility index (Phi) is 5.66. The van der Waals surface area contributed by atoms with Crippen molar-refractivity contribution in [3.05, 3.63) is 33.3 Å². The van der Waals surface area contributed by atoms with Crippen molar-refractivity contribution in [2.24, 2.45) is 0 Å². The summed E-state index contributed by atoms with van der Waals surface area (Å²) in [5.41, 5.74) is 0.388. The van der Waals surface area contributed by atoms with E-state index >= 15 is 0 Å². The van der Waals surface area contributed by atoms with Crippen LogP contribution in [0.2, 0.25) is 5.02 Å². The summed E-state index contributed by atoms with van der Waals surface area (Å²) in [6.07, 6.45) is 0.415. The van der Waals surface area contributed by atoms with E-state index in [0.29, 0.717) is 18.7 Å². The maximum atomic E-state index is 12.1. The second-order valence-electron chi connectivity index (χ2n) is 5.57. The molecule has 0 aromatic heterocycles. The zero-order valence-electron chi connectivity index (χ0n) is 13.1. The molecule has 132 valence electrons. The van der Waals surface area contributed by atoms with Gasteiger partial charge in [-0.3, -0.25) is 14.9 Å². The van der Waals surface area contributed by atoms with Crippen molar-refractivity contribution in [2.45, 2.75) is 19.4 Å². The molecule has 1 N–H and O–H groups in total. The predicted octanol–water partition coefficient (Wildman–Crippen LogP) is 1.38. The lowest BCUT2D eigenvalue weighted by Gasteiger charge is -2.24. The molecular formula is C14H18ClN3O5S. The van der Waals surface area contributed by atoms with Crippen LogP contribution in [0, 0.1) is 10.1 Å². The number of nitrogens with one attached hydrogen (secondary N) is 1. The molecule has 0 spiro atoms. The zero-order valence-corrected chi connectivity index (χ0v) is 14.6. The molecule has 1 amide bonds. The Morgan fingerprint density at radius 2 is 2.21 bits per heavy atom. The van der Waals surface area contributed by atoms with Crippen LogP contribution in [-0.2, 0) is 14.6 Å². The maximum Gasteiger partial charge on any atom is 0.271 e. The van der Waals surface area contributed by atoms with Gasteiger partial charge in [0.15, 0.2) is 9.84 Å². The fourth-order valence-electron chi connectivity index (χ4n) is 2.59. The number of hydrogen-bond donors (Lipinski definition) is 1. The van der Waals surface area contributed by atoms with E-state index in [0.717, 1.165) is 0 Å². The van der Waals surface area contributed by atoms with Gasteiger partial charge in [0, 0.05) is 24.7 Å². The monoisotopic (exact) mass is 375 g/mol. The molecule has 1 saturated heterocycles. The first kappa shape index (κ1) is 18.5. The first-order chi connectivity index (χ1) is 11.2. The van der Waals surface area contributed by atoms with Crippen molar-refractivity contribution < 1.29 is 18.1 Å². The van der Waals surface area contributed by atoms with Crippen LogP contribution in [0.25, 0.3) is 0 Å². The summed E-state index contributed by atoms with van der Waals surface area (Å²) in [5.74, 6) is -0.263. The van der Waals surface area contributed by atoms with Crippen LogP contribution in [0.1, 0.15) is 13.3 Å². The van der Waals surface area contributed by atoms with E-state index in [1.54, 1.807) is 4.90 Å². The third kappa shape index (κ3) is 4.57. The number of non-ortho nitro benzene ring substituents is 1. The highest BCUT2D eigenvalue weighted by atomic mass is 35.5. The number of halogens is 1. The number of hydrogen-bond acceptors (Lipinski definition) is 6. The van der Waals surface area contributed by atoms with E-state index in [2.05, 4.69) is 5.32 Å². The van der Waals surface area contributed by atoms with Crippen molar-refractivity contribution in [1.29, 1.82) is 0 Å². The molecule has 1 atom stereocenters. The molecule has 1 unspecified atom stereocenters. The van der Waals surface area contributed by atoms with Gasteiger partial charge in [-0.25, -0.2) is 8.42 Å². The molecule has 1 aliphatic heterocycles. The lowest BCUT2D eigenvalue weighted by atomic mass is 10.2. The number of carbonyl (C=O) groups excluding carboxylic acids is 1. The number of sulfone groups is 1. The van der Waals surface area contributed by atoms with Crippen molar-refractivity contribution in [3.63, 3.8) is 0 Å². The minimum atomic E-state index is -3.06. The molecule has 8 nitrogen and oxygen atoms in total. The molecule has 1 aliphatic rings. The molecule has 1 fully saturated rings. The normalized spacial score (nSPS) is 19.0. The molecule has 0 bridgehead atoms. The highest BCUT2D eigenvalue weighted by molar-refractivity contribution is 7.91. The summed E-state index contributed by atoms with van der Waals surface area (Å²) in [5, 5.41) is 13.6. The highest BCUT2D eigenvalue weighted by Crippen LogP contribution is 2.29. The van der Waals surface area contributed by atoms with Gasteiger partial charge in [-0.05, 0) is 19.4 Å². The molecular weight excluding hydrogens is 358 g/mol. The highest BCUT2D eigenvalue weighted by Gasteiger charge is 2.29. The topological polar surface area (TPSA) is 110 Å². The van der Waals surface area contributed by atoms with Gasteiger partial charge in [0.1, 0.15) is 0 Å². The SMILES string of the molecule is CCN(CC(=O)NC1CCS(=O)(=O)C1)c1ccc([N+](=O)[O-])cc1Cl. The number of nitro benzene ring substituents is 1. The molecule has 0 aliphatic carbocycles. The van der Waals surface area contributed by atoms with Crippen LogP contribution < -0.4 is 10.2 Å². The number of likely N-dealkylation sites (N-methyl/N-ethyl adjacent to an activating group) is 1. The fraction of sp³-hybridized carbons (Fsp3) is 0.500. The van der Waals surface area contributed by atoms with Gasteiger partial charge in [0.25, 0.3) is 5.69 Å². The molecule has 0 radical (unpaired) electrons. The Bertz CT molecular complexity index is 753. The summed E-state index contributed by atoms with van der Waals surface area (Å²) < 4.78 is 22.8. The lowest BCUT2D eigenvalue weighted by Crippen LogP contribution is -2.42. The van der Waals surface area contributed by atoms with Gasteiger partial charge in [-0.15, -0.1) is 0 Å². The number of benzene rings is 1. The largest absolute Gasteiger partial charge is 0.361 e. The van der Waals surface area contributed by atoms with Gasteiger partial charge in [-0.2, -0.15) is 0 Å². The van der Waals surface area contributed by atoms with E-state index in [1.807, 2.05) is 6.92 Å². The average Bonchev–Trinajstić information content (AvgIpc) is 2.83. The summed E-state index contributed by atoms with van der Waals surface area (Å²) in [6, 6.07) is 3.69. The number of nitrogens with zero attached hydrogens (tertiary/aromatic N) is 2. The van der Waals surface area contributed by atoms with E-state index in [1.165, 1.54) is 18.2 Å². The average molecular weight is 376 g/mol. The molecule has 1 heterocycles. The van der Waals surface area contributed by atoms with Gasteiger partial charge < -0.3 is 10.2 Å². The van der Waals surface area contributed by atoms with Gasteiger partial charge in [0.05, 0.1) is 33.7 Å². The number of nitro groups is 1. The maximum absolute atomic E-state index is 12.1. The number of carbonyl (C=O) groups is 1. The van der Waals surface area contributed by atoms with Crippen molar-refractivity contribution >= 4 is 38.7 Å². The van der Waals surface area contributed by atoms with Crippen LogP contribution in [0.15, 0.2) is 18.2 Å². The third-order valence-electron chi connectivity index (χ3n) is 3.80. The van der Waals surface area contributed by atoms with E-state index < -0.39 is 14.8 Å². The van der Waals surface area contributed by atoms with Crippen LogP contribution >= 0.6 is 11.6 Å². The fourth-order valence-corrected chi connectivity index (χ4v) is 4.56. The van der Waals surface area contributed by atoms with Crippen molar-refractivity contribution in [3.8, 4) is 0 Å². The molecule has 24 heavy (non-hydrogen) atoms. The smallest absolute Gasteiger partial charge is 0.271 e. The van der Waals surface area contributed by atoms with Crippen molar-refractivity contribution in [1.82, 2.24) is 5.32 Å². The van der Waals surface area contributed by atoms with E-state index in [-0.39, 0.29) is 40.7 Å². The summed E-state index contributed by atoms with van der Waals surface area (Å²) in [7, 11) is -3.06. The van der Waals surface area contributed by atoms with E-state index in [9.17, 15) is 23.3 Å². The zero-order chi connectivity index (χ0) is 17.9. The Labute approximate surface area is 144 Å².